The third kappa shape index (κ3) is 4.44. The highest BCUT2D eigenvalue weighted by atomic mass is 15.1. The van der Waals surface area contributed by atoms with E-state index in [1.807, 2.05) is 0 Å². The average Bonchev–Trinajstić information content (AvgIpc) is 3.80. The van der Waals surface area contributed by atoms with Crippen molar-refractivity contribution in [1.29, 1.82) is 0 Å². The molecule has 9 aromatic rings. The molecule has 0 aliphatic heterocycles. The van der Waals surface area contributed by atoms with Crippen molar-refractivity contribution in [2.75, 3.05) is 4.90 Å². The quantitative estimate of drug-likeness (QED) is 0.166. The lowest BCUT2D eigenvalue weighted by Crippen LogP contribution is -2.30. The van der Waals surface area contributed by atoms with Gasteiger partial charge in [-0.25, -0.2) is 0 Å². The molecule has 268 valence electrons. The van der Waals surface area contributed by atoms with Gasteiger partial charge in [-0.3, -0.25) is 0 Å². The zero-order valence-corrected chi connectivity index (χ0v) is 32.2. The SMILES string of the molecule is Cc1cc2c3c(c1)C(c1ccc(N(c4ccccc4)c4ccccc4)cc1)(c1ccc(-n4c5ccccc5c5ccccc54)cc1)c1cc(C)cc(c1-3)C2(C)C. The zero-order chi connectivity index (χ0) is 37.8. The largest absolute Gasteiger partial charge is 0.311 e. The van der Waals surface area contributed by atoms with Gasteiger partial charge in [0.05, 0.1) is 16.4 Å². The fraction of sp³-hybridized carbons (Fsp3) is 0.111. The number of aryl methyl sites for hydroxylation is 2. The number of aromatic nitrogens is 1. The molecule has 2 aliphatic carbocycles. The van der Waals surface area contributed by atoms with Crippen molar-refractivity contribution in [2.45, 2.75) is 38.5 Å². The molecule has 2 nitrogen and oxygen atoms in total. The molecule has 0 radical (unpaired) electrons. The predicted octanol–water partition coefficient (Wildman–Crippen LogP) is 13.9. The van der Waals surface area contributed by atoms with Crippen LogP contribution in [0.25, 0.3) is 38.6 Å². The Kier molecular flexibility index (Phi) is 6.98. The lowest BCUT2D eigenvalue weighted by molar-refractivity contribution is 0.650. The van der Waals surface area contributed by atoms with Gasteiger partial charge in [-0.05, 0) is 119 Å². The first-order valence-corrected chi connectivity index (χ1v) is 19.8. The Bertz CT molecular complexity index is 2830. The standard InChI is InChI=1S/C54H42N2/c1-35-31-45-51-47(33-35)54(48-34-36(2)32-46(52(48)51)53(45,3)4,37-23-27-41(28-24-37)55(39-15-7-5-8-16-39)40-17-9-6-10-18-40)38-25-29-42(30-26-38)56-49-21-13-11-19-43(49)44-20-12-14-22-50(44)56/h5-34H,1-4H3. The lowest BCUT2D eigenvalue weighted by Gasteiger charge is -2.37. The Morgan fingerprint density at radius 2 is 0.804 bits per heavy atom. The van der Waals surface area contributed by atoms with Gasteiger partial charge in [-0.2, -0.15) is 0 Å². The second-order valence-electron chi connectivity index (χ2n) is 16.3. The average molecular weight is 719 g/mol. The molecule has 0 saturated heterocycles. The Morgan fingerprint density at radius 3 is 1.29 bits per heavy atom. The van der Waals surface area contributed by atoms with Crippen LogP contribution in [0.4, 0.5) is 17.1 Å². The minimum absolute atomic E-state index is 0.0749. The fourth-order valence-corrected chi connectivity index (χ4v) is 10.3. The molecule has 0 fully saturated rings. The summed E-state index contributed by atoms with van der Waals surface area (Å²) in [5.74, 6) is 0. The molecule has 0 amide bonds. The van der Waals surface area contributed by atoms with E-state index in [4.69, 9.17) is 0 Å². The van der Waals surface area contributed by atoms with Gasteiger partial charge in [0.1, 0.15) is 0 Å². The topological polar surface area (TPSA) is 8.17 Å². The first-order chi connectivity index (χ1) is 27.4. The molecule has 8 aromatic carbocycles. The van der Waals surface area contributed by atoms with E-state index in [9.17, 15) is 0 Å². The van der Waals surface area contributed by atoms with Gasteiger partial charge in [0, 0.05) is 38.9 Å². The molecule has 0 unspecified atom stereocenters. The molecule has 2 heteroatoms. The Hall–Kier alpha value is -6.64. The molecule has 56 heavy (non-hydrogen) atoms. The number of anilines is 3. The van der Waals surface area contributed by atoms with Crippen LogP contribution in [0.1, 0.15) is 58.4 Å². The third-order valence-electron chi connectivity index (χ3n) is 12.7. The molecule has 1 heterocycles. The van der Waals surface area contributed by atoms with Crippen LogP contribution in [-0.2, 0) is 10.8 Å². The number of rotatable bonds is 6. The first kappa shape index (κ1) is 32.8. The van der Waals surface area contributed by atoms with E-state index in [1.54, 1.807) is 0 Å². The van der Waals surface area contributed by atoms with E-state index in [-0.39, 0.29) is 5.41 Å². The summed E-state index contributed by atoms with van der Waals surface area (Å²) in [6.45, 7) is 9.37. The number of nitrogens with zero attached hydrogens (tertiary/aromatic N) is 2. The molecule has 11 rings (SSSR count). The van der Waals surface area contributed by atoms with Crippen molar-refractivity contribution in [3.8, 4) is 16.8 Å². The van der Waals surface area contributed by atoms with E-state index in [2.05, 4.69) is 219 Å². The van der Waals surface area contributed by atoms with E-state index in [0.29, 0.717) is 0 Å². The van der Waals surface area contributed by atoms with E-state index in [0.717, 1.165) is 17.1 Å². The van der Waals surface area contributed by atoms with Gasteiger partial charge in [0.2, 0.25) is 0 Å². The molecule has 0 bridgehead atoms. The van der Waals surface area contributed by atoms with Crippen LogP contribution in [0.5, 0.6) is 0 Å². The number of fused-ring (bicyclic) bond motifs is 3. The van der Waals surface area contributed by atoms with Crippen LogP contribution in [0.2, 0.25) is 0 Å². The molecule has 1 aromatic heterocycles. The maximum atomic E-state index is 2.48. The number of para-hydroxylation sites is 4. The predicted molar refractivity (Wildman–Crippen MR) is 234 cm³/mol. The highest BCUT2D eigenvalue weighted by molar-refractivity contribution is 6.09. The van der Waals surface area contributed by atoms with Gasteiger partial charge in [0.25, 0.3) is 0 Å². The first-order valence-electron chi connectivity index (χ1n) is 19.8. The van der Waals surface area contributed by atoms with Crippen molar-refractivity contribution in [3.05, 3.63) is 226 Å². The van der Waals surface area contributed by atoms with Crippen LogP contribution >= 0.6 is 0 Å². The molecule has 0 N–H and O–H groups in total. The van der Waals surface area contributed by atoms with Gasteiger partial charge in [-0.1, -0.05) is 146 Å². The van der Waals surface area contributed by atoms with Crippen LogP contribution in [0.15, 0.2) is 182 Å². The summed E-state index contributed by atoms with van der Waals surface area (Å²) in [6, 6.07) is 67.7. The van der Waals surface area contributed by atoms with Crippen molar-refractivity contribution in [2.24, 2.45) is 0 Å². The maximum Gasteiger partial charge on any atom is 0.0714 e. The summed E-state index contributed by atoms with van der Waals surface area (Å²) in [5.41, 5.74) is 20.1. The minimum atomic E-state index is -0.509. The van der Waals surface area contributed by atoms with Crippen LogP contribution in [-0.4, -0.2) is 4.57 Å². The summed E-state index contributed by atoms with van der Waals surface area (Å²) < 4.78 is 2.42. The summed E-state index contributed by atoms with van der Waals surface area (Å²) >= 11 is 0. The number of benzene rings is 8. The summed E-state index contributed by atoms with van der Waals surface area (Å²) in [4.78, 5) is 2.35. The molecule has 0 atom stereocenters. The second-order valence-corrected chi connectivity index (χ2v) is 16.3. The zero-order valence-electron chi connectivity index (χ0n) is 32.2. The fourth-order valence-electron chi connectivity index (χ4n) is 10.3. The van der Waals surface area contributed by atoms with E-state index in [1.165, 1.54) is 83.1 Å². The minimum Gasteiger partial charge on any atom is -0.311 e. The summed E-state index contributed by atoms with van der Waals surface area (Å²) in [7, 11) is 0. The van der Waals surface area contributed by atoms with Crippen molar-refractivity contribution in [3.63, 3.8) is 0 Å². The normalized spacial score (nSPS) is 14.4. The van der Waals surface area contributed by atoms with Crippen LogP contribution in [0.3, 0.4) is 0 Å². The monoisotopic (exact) mass is 718 g/mol. The van der Waals surface area contributed by atoms with Gasteiger partial charge >= 0.3 is 0 Å². The van der Waals surface area contributed by atoms with Gasteiger partial charge in [-0.15, -0.1) is 0 Å². The highest BCUT2D eigenvalue weighted by Gasteiger charge is 2.53. The molecular weight excluding hydrogens is 677 g/mol. The van der Waals surface area contributed by atoms with Gasteiger partial charge in [0.15, 0.2) is 0 Å². The van der Waals surface area contributed by atoms with Crippen LogP contribution in [0, 0.1) is 13.8 Å². The summed E-state index contributed by atoms with van der Waals surface area (Å²) in [6.07, 6.45) is 0. The van der Waals surface area contributed by atoms with Crippen LogP contribution < -0.4 is 4.90 Å². The molecule has 0 saturated carbocycles. The Balaban J connectivity index is 1.16. The highest BCUT2D eigenvalue weighted by Crippen LogP contribution is 2.64. The molecule has 0 spiro atoms. The lowest BCUT2D eigenvalue weighted by atomic mass is 9.65. The number of hydrogen-bond acceptors (Lipinski definition) is 1. The Morgan fingerprint density at radius 1 is 0.411 bits per heavy atom. The molecular formula is C54H42N2. The van der Waals surface area contributed by atoms with E-state index >= 15 is 0 Å². The van der Waals surface area contributed by atoms with Crippen molar-refractivity contribution in [1.82, 2.24) is 4.57 Å². The van der Waals surface area contributed by atoms with Crippen molar-refractivity contribution < 1.29 is 0 Å². The van der Waals surface area contributed by atoms with E-state index < -0.39 is 5.41 Å². The number of hydrogen-bond donors (Lipinski definition) is 0. The third-order valence-corrected chi connectivity index (χ3v) is 12.7. The Labute approximate surface area is 328 Å². The van der Waals surface area contributed by atoms with Gasteiger partial charge < -0.3 is 9.47 Å². The maximum absolute atomic E-state index is 2.48. The summed E-state index contributed by atoms with van der Waals surface area (Å²) in [5, 5.41) is 2.55. The second kappa shape index (κ2) is 11.9. The smallest absolute Gasteiger partial charge is 0.0714 e. The van der Waals surface area contributed by atoms with Crippen molar-refractivity contribution >= 4 is 38.9 Å². The molecule has 2 aliphatic rings.